The van der Waals surface area contributed by atoms with Crippen LogP contribution in [0.25, 0.3) is 22.6 Å². The van der Waals surface area contributed by atoms with Crippen LogP contribution in [0, 0.1) is 0 Å². The molecule has 0 saturated carbocycles. The van der Waals surface area contributed by atoms with E-state index < -0.39 is 12.1 Å². The number of pyridine rings is 1. The van der Waals surface area contributed by atoms with Crippen LogP contribution in [0.15, 0.2) is 47.1 Å². The van der Waals surface area contributed by atoms with Gasteiger partial charge in [0.2, 0.25) is 0 Å². The van der Waals surface area contributed by atoms with Crippen LogP contribution in [0.4, 0.5) is 0 Å². The quantitative estimate of drug-likeness (QED) is 0.631. The van der Waals surface area contributed by atoms with Gasteiger partial charge in [-0.15, -0.1) is 0 Å². The van der Waals surface area contributed by atoms with Gasteiger partial charge in [0.1, 0.15) is 5.76 Å². The van der Waals surface area contributed by atoms with Gasteiger partial charge in [0, 0.05) is 19.5 Å². The molecule has 0 N–H and O–H groups in total. The van der Waals surface area contributed by atoms with Gasteiger partial charge in [-0.2, -0.15) is 0 Å². The molecule has 6 heteroatoms. The van der Waals surface area contributed by atoms with Crippen LogP contribution in [0.3, 0.4) is 0 Å². The van der Waals surface area contributed by atoms with E-state index in [0.717, 1.165) is 39.9 Å². The number of carbonyl (C=O) groups excluding carboxylic acids is 2. The van der Waals surface area contributed by atoms with Gasteiger partial charge >= 0.3 is 5.97 Å². The summed E-state index contributed by atoms with van der Waals surface area (Å²) < 4.78 is 11.0. The first-order valence-electron chi connectivity index (χ1n) is 9.54. The molecule has 1 aromatic carbocycles. The lowest BCUT2D eigenvalue weighted by molar-refractivity contribution is -0.137. The number of allylic oxidation sites excluding steroid dienone is 1. The summed E-state index contributed by atoms with van der Waals surface area (Å²) in [5.41, 5.74) is 3.88. The van der Waals surface area contributed by atoms with Crippen LogP contribution >= 0.6 is 0 Å². The minimum absolute atomic E-state index is 0.258. The second-order valence-electron chi connectivity index (χ2n) is 7.30. The summed E-state index contributed by atoms with van der Waals surface area (Å²) in [6.07, 6.45) is 4.16. The normalized spacial score (nSPS) is 15.3. The highest BCUT2D eigenvalue weighted by Crippen LogP contribution is 2.38. The summed E-state index contributed by atoms with van der Waals surface area (Å²) in [5.74, 6) is -0.00861. The van der Waals surface area contributed by atoms with Crippen molar-refractivity contribution >= 4 is 34.4 Å². The Morgan fingerprint density at radius 3 is 2.69 bits per heavy atom. The Morgan fingerprint density at radius 2 is 1.97 bits per heavy atom. The lowest BCUT2D eigenvalue weighted by atomic mass is 10.0. The van der Waals surface area contributed by atoms with Crippen LogP contribution in [0.1, 0.15) is 40.7 Å². The molecule has 1 amide bonds. The number of benzene rings is 1. The Balaban J connectivity index is 1.80. The highest BCUT2D eigenvalue weighted by molar-refractivity contribution is 6.07. The number of fused-ring (bicyclic) bond motifs is 2. The Bertz CT molecular complexity index is 1110. The molecule has 0 fully saturated rings. The largest absolute Gasteiger partial charge is 0.465 e. The maximum Gasteiger partial charge on any atom is 0.339 e. The van der Waals surface area contributed by atoms with Crippen LogP contribution in [-0.2, 0) is 16.0 Å². The smallest absolute Gasteiger partial charge is 0.339 e. The number of aromatic nitrogens is 1. The molecule has 6 nitrogen and oxygen atoms in total. The molecule has 1 aliphatic carbocycles. The fraction of sp³-hybridized carbons (Fsp3) is 0.261. The van der Waals surface area contributed by atoms with E-state index in [1.807, 2.05) is 42.5 Å². The van der Waals surface area contributed by atoms with Gasteiger partial charge in [0.15, 0.2) is 6.10 Å². The number of hydrogen-bond donors (Lipinski definition) is 0. The van der Waals surface area contributed by atoms with Crippen LogP contribution in [-0.4, -0.2) is 42.0 Å². The molecule has 0 bridgehead atoms. The fourth-order valence-corrected chi connectivity index (χ4v) is 3.69. The van der Waals surface area contributed by atoms with E-state index in [0.29, 0.717) is 12.0 Å². The number of ether oxygens (including phenoxy) is 1. The van der Waals surface area contributed by atoms with Crippen molar-refractivity contribution in [1.82, 2.24) is 9.88 Å². The van der Waals surface area contributed by atoms with Crippen molar-refractivity contribution in [2.75, 3.05) is 14.1 Å². The van der Waals surface area contributed by atoms with Crippen molar-refractivity contribution in [2.45, 2.75) is 25.9 Å². The minimum Gasteiger partial charge on any atom is -0.465 e. The van der Waals surface area contributed by atoms with Gasteiger partial charge in [0.05, 0.1) is 23.0 Å². The standard InChI is InChI=1S/C23H22N2O4/c1-14(22(26)25(2)3)29-23(27)20-17-8-4-5-9-19(17)24-21-15(10-11-18(20)21)13-16-7-6-12-28-16/h4-9,12-14H,10-11H2,1-3H3/b15-13+/t14-/m0/s1. The maximum atomic E-state index is 13.1. The molecule has 1 atom stereocenters. The number of rotatable bonds is 4. The monoisotopic (exact) mass is 390 g/mol. The Kier molecular flexibility index (Phi) is 4.92. The number of nitrogens with zero attached hydrogens (tertiary/aromatic N) is 2. The molecule has 4 rings (SSSR count). The molecule has 29 heavy (non-hydrogen) atoms. The first-order valence-corrected chi connectivity index (χ1v) is 9.54. The average Bonchev–Trinajstić information content (AvgIpc) is 3.36. The predicted octanol–water partition coefficient (Wildman–Crippen LogP) is 3.95. The summed E-state index contributed by atoms with van der Waals surface area (Å²) in [5, 5.41) is 0.736. The lowest BCUT2D eigenvalue weighted by Gasteiger charge is -2.18. The van der Waals surface area contributed by atoms with E-state index in [9.17, 15) is 9.59 Å². The summed E-state index contributed by atoms with van der Waals surface area (Å²) in [6.45, 7) is 1.59. The number of likely N-dealkylation sites (N-methyl/N-ethyl adjacent to an activating group) is 1. The SMILES string of the molecule is C[C@H](OC(=O)c1c2c(nc3ccccc13)/C(=C/c1ccco1)CC2)C(=O)N(C)C. The third-order valence-electron chi connectivity index (χ3n) is 5.08. The van der Waals surface area contributed by atoms with Crippen molar-refractivity contribution in [3.05, 3.63) is 65.2 Å². The zero-order valence-corrected chi connectivity index (χ0v) is 16.6. The van der Waals surface area contributed by atoms with Gasteiger partial charge in [-0.1, -0.05) is 18.2 Å². The van der Waals surface area contributed by atoms with Gasteiger partial charge in [-0.25, -0.2) is 9.78 Å². The topological polar surface area (TPSA) is 72.6 Å². The van der Waals surface area contributed by atoms with E-state index in [-0.39, 0.29) is 5.91 Å². The number of carbonyl (C=O) groups is 2. The minimum atomic E-state index is -0.861. The Labute approximate surface area is 168 Å². The summed E-state index contributed by atoms with van der Waals surface area (Å²) in [6, 6.07) is 11.2. The number of esters is 1. The molecule has 148 valence electrons. The molecule has 0 aliphatic heterocycles. The molecule has 2 aromatic heterocycles. The Hall–Kier alpha value is -3.41. The molecule has 2 heterocycles. The summed E-state index contributed by atoms with van der Waals surface area (Å²) in [4.78, 5) is 31.5. The van der Waals surface area contributed by atoms with Crippen LogP contribution in [0.5, 0.6) is 0 Å². The predicted molar refractivity (Wildman–Crippen MR) is 110 cm³/mol. The first-order chi connectivity index (χ1) is 14.0. The zero-order valence-electron chi connectivity index (χ0n) is 16.6. The average molecular weight is 390 g/mol. The van der Waals surface area contributed by atoms with Crippen molar-refractivity contribution < 1.29 is 18.7 Å². The second-order valence-corrected chi connectivity index (χ2v) is 7.30. The second kappa shape index (κ2) is 7.54. The molecule has 0 unspecified atom stereocenters. The van der Waals surface area contributed by atoms with Crippen molar-refractivity contribution in [2.24, 2.45) is 0 Å². The number of para-hydroxylation sites is 1. The van der Waals surface area contributed by atoms with Crippen LogP contribution in [0.2, 0.25) is 0 Å². The molecule has 0 spiro atoms. The third kappa shape index (κ3) is 3.53. The lowest BCUT2D eigenvalue weighted by Crippen LogP contribution is -2.35. The number of hydrogen-bond acceptors (Lipinski definition) is 5. The van der Waals surface area contributed by atoms with E-state index in [1.54, 1.807) is 27.3 Å². The zero-order chi connectivity index (χ0) is 20.5. The summed E-state index contributed by atoms with van der Waals surface area (Å²) in [7, 11) is 3.27. The third-order valence-corrected chi connectivity index (χ3v) is 5.08. The molecular formula is C23H22N2O4. The van der Waals surface area contributed by atoms with E-state index in [2.05, 4.69) is 0 Å². The van der Waals surface area contributed by atoms with E-state index in [4.69, 9.17) is 14.1 Å². The molecule has 0 saturated heterocycles. The Morgan fingerprint density at radius 1 is 1.17 bits per heavy atom. The maximum absolute atomic E-state index is 13.1. The van der Waals surface area contributed by atoms with Crippen LogP contribution < -0.4 is 0 Å². The highest BCUT2D eigenvalue weighted by atomic mass is 16.5. The van der Waals surface area contributed by atoms with E-state index in [1.165, 1.54) is 4.90 Å². The molecular weight excluding hydrogens is 368 g/mol. The van der Waals surface area contributed by atoms with Crippen molar-refractivity contribution in [3.63, 3.8) is 0 Å². The van der Waals surface area contributed by atoms with Gasteiger partial charge in [0.25, 0.3) is 5.91 Å². The van der Waals surface area contributed by atoms with Gasteiger partial charge < -0.3 is 14.1 Å². The fourth-order valence-electron chi connectivity index (χ4n) is 3.69. The molecule has 0 radical (unpaired) electrons. The van der Waals surface area contributed by atoms with Crippen molar-refractivity contribution in [3.8, 4) is 0 Å². The first kappa shape index (κ1) is 18.9. The highest BCUT2D eigenvalue weighted by Gasteiger charge is 2.29. The van der Waals surface area contributed by atoms with Gasteiger partial charge in [-0.3, -0.25) is 4.79 Å². The number of furan rings is 1. The molecule has 3 aromatic rings. The summed E-state index contributed by atoms with van der Waals surface area (Å²) >= 11 is 0. The van der Waals surface area contributed by atoms with E-state index >= 15 is 0 Å². The van der Waals surface area contributed by atoms with Crippen molar-refractivity contribution in [1.29, 1.82) is 0 Å². The number of amides is 1. The van der Waals surface area contributed by atoms with Gasteiger partial charge in [-0.05, 0) is 55.2 Å². The molecule has 1 aliphatic rings.